The molecule has 2 rings (SSSR count). The Morgan fingerprint density at radius 3 is 3.15 bits per heavy atom. The summed E-state index contributed by atoms with van der Waals surface area (Å²) < 4.78 is 0. The minimum absolute atomic E-state index is 0.777. The van der Waals surface area contributed by atoms with Crippen molar-refractivity contribution in [2.24, 2.45) is 11.8 Å². The second-order valence-corrected chi connectivity index (χ2v) is 4.57. The topological polar surface area (TPSA) is 24.1 Å². The van der Waals surface area contributed by atoms with Crippen LogP contribution in [0.2, 0.25) is 0 Å². The van der Waals surface area contributed by atoms with Crippen LogP contribution in [0.15, 0.2) is 0 Å². The second-order valence-electron chi connectivity index (χ2n) is 4.57. The summed E-state index contributed by atoms with van der Waals surface area (Å²) in [4.78, 5) is 0. The lowest BCUT2D eigenvalue weighted by Crippen LogP contribution is -2.38. The molecule has 0 spiro atoms. The van der Waals surface area contributed by atoms with Crippen LogP contribution in [-0.2, 0) is 0 Å². The third kappa shape index (κ3) is 2.05. The van der Waals surface area contributed by atoms with Crippen LogP contribution in [0.1, 0.15) is 32.6 Å². The summed E-state index contributed by atoms with van der Waals surface area (Å²) in [6.07, 6.45) is 5.67. The monoisotopic (exact) mass is 182 g/mol. The summed E-state index contributed by atoms with van der Waals surface area (Å²) in [5.74, 6) is 2.00. The van der Waals surface area contributed by atoms with Crippen molar-refractivity contribution < 1.29 is 0 Å². The van der Waals surface area contributed by atoms with E-state index in [2.05, 4.69) is 17.6 Å². The predicted molar refractivity (Wildman–Crippen MR) is 55.8 cm³/mol. The molecule has 13 heavy (non-hydrogen) atoms. The van der Waals surface area contributed by atoms with Crippen LogP contribution >= 0.6 is 0 Å². The van der Waals surface area contributed by atoms with Crippen LogP contribution in [0.4, 0.5) is 0 Å². The van der Waals surface area contributed by atoms with Gasteiger partial charge in [0.15, 0.2) is 0 Å². The Kier molecular flexibility index (Phi) is 3.23. The number of nitrogens with one attached hydrogen (secondary N) is 2. The van der Waals surface area contributed by atoms with Crippen molar-refractivity contribution in [1.82, 2.24) is 10.6 Å². The molecule has 0 amide bonds. The van der Waals surface area contributed by atoms with Crippen LogP contribution < -0.4 is 10.6 Å². The highest BCUT2D eigenvalue weighted by Gasteiger charge is 2.38. The largest absolute Gasteiger partial charge is 0.315 e. The molecule has 2 nitrogen and oxygen atoms in total. The normalized spacial score (nSPS) is 38.1. The SMILES string of the molecule is CCCNCC1NCC2CCCC21. The molecule has 2 N–H and O–H groups in total. The maximum Gasteiger partial charge on any atom is 0.0223 e. The Morgan fingerprint density at radius 2 is 2.31 bits per heavy atom. The fourth-order valence-corrected chi connectivity index (χ4v) is 2.96. The second kappa shape index (κ2) is 4.43. The molecule has 2 fully saturated rings. The Labute approximate surface area is 81.5 Å². The van der Waals surface area contributed by atoms with Gasteiger partial charge in [0.25, 0.3) is 0 Å². The smallest absolute Gasteiger partial charge is 0.0223 e. The summed E-state index contributed by atoms with van der Waals surface area (Å²) in [6.45, 7) is 5.88. The zero-order valence-corrected chi connectivity index (χ0v) is 8.68. The molecular formula is C11H22N2. The fraction of sp³-hybridized carbons (Fsp3) is 1.00. The first kappa shape index (κ1) is 9.47. The van der Waals surface area contributed by atoms with Crippen LogP contribution in [0.25, 0.3) is 0 Å². The molecule has 2 heteroatoms. The highest BCUT2D eigenvalue weighted by Crippen LogP contribution is 2.37. The van der Waals surface area contributed by atoms with Gasteiger partial charge in [0.2, 0.25) is 0 Å². The molecule has 3 atom stereocenters. The first-order valence-electron chi connectivity index (χ1n) is 5.86. The molecule has 76 valence electrons. The minimum atomic E-state index is 0.777. The first-order chi connectivity index (χ1) is 6.42. The molecule has 0 aromatic rings. The van der Waals surface area contributed by atoms with E-state index in [0.717, 1.165) is 17.9 Å². The van der Waals surface area contributed by atoms with Gasteiger partial charge in [-0.3, -0.25) is 0 Å². The quantitative estimate of drug-likeness (QED) is 0.642. The first-order valence-corrected chi connectivity index (χ1v) is 5.86. The zero-order chi connectivity index (χ0) is 9.10. The molecule has 1 saturated heterocycles. The Bertz CT molecular complexity index is 158. The summed E-state index contributed by atoms with van der Waals surface area (Å²) >= 11 is 0. The van der Waals surface area contributed by atoms with Crippen LogP contribution in [0.3, 0.4) is 0 Å². The molecule has 3 unspecified atom stereocenters. The van der Waals surface area contributed by atoms with Crippen molar-refractivity contribution in [2.75, 3.05) is 19.6 Å². The number of hydrogen-bond donors (Lipinski definition) is 2. The van der Waals surface area contributed by atoms with Crippen molar-refractivity contribution in [3.63, 3.8) is 0 Å². The Hall–Kier alpha value is -0.0800. The van der Waals surface area contributed by atoms with Crippen molar-refractivity contribution in [3.8, 4) is 0 Å². The average Bonchev–Trinajstić information content (AvgIpc) is 2.68. The summed E-state index contributed by atoms with van der Waals surface area (Å²) in [5.41, 5.74) is 0. The van der Waals surface area contributed by atoms with Gasteiger partial charge in [-0.15, -0.1) is 0 Å². The molecule has 0 radical (unpaired) electrons. The average molecular weight is 182 g/mol. The maximum atomic E-state index is 3.66. The molecule has 1 aliphatic carbocycles. The van der Waals surface area contributed by atoms with Gasteiger partial charge in [-0.1, -0.05) is 13.3 Å². The van der Waals surface area contributed by atoms with Gasteiger partial charge >= 0.3 is 0 Å². The molecule has 1 heterocycles. The standard InChI is InChI=1S/C11H22N2/c1-2-6-12-8-11-10-5-3-4-9(10)7-13-11/h9-13H,2-8H2,1H3. The lowest BCUT2D eigenvalue weighted by atomic mass is 9.94. The summed E-state index contributed by atoms with van der Waals surface area (Å²) in [5, 5.41) is 7.18. The van der Waals surface area contributed by atoms with E-state index in [4.69, 9.17) is 0 Å². The van der Waals surface area contributed by atoms with E-state index in [0.29, 0.717) is 0 Å². The summed E-state index contributed by atoms with van der Waals surface area (Å²) in [7, 11) is 0. The zero-order valence-electron chi connectivity index (χ0n) is 8.68. The number of hydrogen-bond acceptors (Lipinski definition) is 2. The van der Waals surface area contributed by atoms with Crippen molar-refractivity contribution in [2.45, 2.75) is 38.6 Å². The Balaban J connectivity index is 1.74. The number of fused-ring (bicyclic) bond motifs is 1. The predicted octanol–water partition coefficient (Wildman–Crippen LogP) is 1.37. The van der Waals surface area contributed by atoms with Crippen molar-refractivity contribution in [1.29, 1.82) is 0 Å². The van der Waals surface area contributed by atoms with E-state index in [9.17, 15) is 0 Å². The van der Waals surface area contributed by atoms with Gasteiger partial charge in [-0.05, 0) is 44.2 Å². The molecule has 2 aliphatic rings. The lowest BCUT2D eigenvalue weighted by molar-refractivity contribution is 0.394. The molecule has 0 aromatic carbocycles. The molecular weight excluding hydrogens is 160 g/mol. The van der Waals surface area contributed by atoms with Gasteiger partial charge in [-0.2, -0.15) is 0 Å². The van der Waals surface area contributed by atoms with Crippen molar-refractivity contribution in [3.05, 3.63) is 0 Å². The van der Waals surface area contributed by atoms with Gasteiger partial charge in [-0.25, -0.2) is 0 Å². The van der Waals surface area contributed by atoms with Crippen LogP contribution in [0, 0.1) is 11.8 Å². The molecule has 1 saturated carbocycles. The van der Waals surface area contributed by atoms with E-state index >= 15 is 0 Å². The highest BCUT2D eigenvalue weighted by molar-refractivity contribution is 4.94. The van der Waals surface area contributed by atoms with Crippen molar-refractivity contribution >= 4 is 0 Å². The van der Waals surface area contributed by atoms with E-state index in [1.54, 1.807) is 0 Å². The lowest BCUT2D eigenvalue weighted by Gasteiger charge is -2.18. The molecule has 0 bridgehead atoms. The highest BCUT2D eigenvalue weighted by atomic mass is 15.0. The van der Waals surface area contributed by atoms with Gasteiger partial charge in [0, 0.05) is 12.6 Å². The third-order valence-corrected chi connectivity index (χ3v) is 3.67. The van der Waals surface area contributed by atoms with Gasteiger partial charge in [0.05, 0.1) is 0 Å². The van der Waals surface area contributed by atoms with E-state index in [1.807, 2.05) is 0 Å². The van der Waals surface area contributed by atoms with Gasteiger partial charge in [0.1, 0.15) is 0 Å². The van der Waals surface area contributed by atoms with E-state index in [1.165, 1.54) is 45.3 Å². The van der Waals surface area contributed by atoms with E-state index < -0.39 is 0 Å². The number of rotatable bonds is 4. The Morgan fingerprint density at radius 1 is 1.38 bits per heavy atom. The van der Waals surface area contributed by atoms with E-state index in [-0.39, 0.29) is 0 Å². The van der Waals surface area contributed by atoms with Crippen LogP contribution in [0.5, 0.6) is 0 Å². The molecule has 0 aromatic heterocycles. The maximum absolute atomic E-state index is 3.66. The minimum Gasteiger partial charge on any atom is -0.315 e. The van der Waals surface area contributed by atoms with Gasteiger partial charge < -0.3 is 10.6 Å². The summed E-state index contributed by atoms with van der Waals surface area (Å²) in [6, 6.07) is 0.777. The third-order valence-electron chi connectivity index (χ3n) is 3.67. The molecule has 1 aliphatic heterocycles. The fourth-order valence-electron chi connectivity index (χ4n) is 2.96. The van der Waals surface area contributed by atoms with Crippen LogP contribution in [-0.4, -0.2) is 25.7 Å².